The molecule has 3 rings (SSSR count). The molecule has 1 aliphatic rings. The minimum absolute atomic E-state index is 0.200. The van der Waals surface area contributed by atoms with Crippen LogP contribution in [-0.2, 0) is 6.61 Å². The molecular formula is C21H22BrF3N2O2. The van der Waals surface area contributed by atoms with Gasteiger partial charge >= 0.3 is 6.18 Å². The van der Waals surface area contributed by atoms with Crippen LogP contribution in [0.5, 0.6) is 5.75 Å². The zero-order valence-electron chi connectivity index (χ0n) is 15.8. The van der Waals surface area contributed by atoms with Gasteiger partial charge in [0, 0.05) is 36.2 Å². The number of amides is 1. The highest BCUT2D eigenvalue weighted by Crippen LogP contribution is 2.24. The molecule has 0 bridgehead atoms. The van der Waals surface area contributed by atoms with Crippen molar-refractivity contribution in [1.82, 2.24) is 9.80 Å². The first kappa shape index (κ1) is 21.6. The maximum absolute atomic E-state index is 13.0. The van der Waals surface area contributed by atoms with E-state index in [4.69, 9.17) is 4.74 Å². The average Bonchev–Trinajstić information content (AvgIpc) is 2.91. The standard InChI is InChI=1S/C21H22BrF3N2O2/c22-18-8-3-1-6-16(18)14-29-19-9-4-2-7-17(19)20(28)27-11-5-10-26(12-13-27)15-21(23,24)25/h1-4,6-9H,5,10-15H2. The van der Waals surface area contributed by atoms with Gasteiger partial charge in [-0.3, -0.25) is 9.69 Å². The minimum atomic E-state index is -4.23. The van der Waals surface area contributed by atoms with E-state index in [2.05, 4.69) is 15.9 Å². The number of ether oxygens (including phenoxy) is 1. The van der Waals surface area contributed by atoms with E-state index in [9.17, 15) is 18.0 Å². The van der Waals surface area contributed by atoms with Crippen molar-refractivity contribution in [2.24, 2.45) is 0 Å². The molecule has 1 amide bonds. The first-order chi connectivity index (χ1) is 13.8. The van der Waals surface area contributed by atoms with Gasteiger partial charge in [0.2, 0.25) is 0 Å². The second-order valence-electron chi connectivity index (χ2n) is 6.91. The topological polar surface area (TPSA) is 32.8 Å². The molecule has 2 aromatic carbocycles. The Labute approximate surface area is 176 Å². The molecule has 156 valence electrons. The molecule has 0 aliphatic carbocycles. The number of para-hydroxylation sites is 1. The molecule has 0 atom stereocenters. The van der Waals surface area contributed by atoms with Crippen molar-refractivity contribution in [3.63, 3.8) is 0 Å². The summed E-state index contributed by atoms with van der Waals surface area (Å²) in [4.78, 5) is 16.0. The highest BCUT2D eigenvalue weighted by Gasteiger charge is 2.32. The van der Waals surface area contributed by atoms with E-state index < -0.39 is 12.7 Å². The van der Waals surface area contributed by atoms with E-state index in [-0.39, 0.29) is 19.0 Å². The Morgan fingerprint density at radius 3 is 2.48 bits per heavy atom. The van der Waals surface area contributed by atoms with Crippen molar-refractivity contribution in [1.29, 1.82) is 0 Å². The minimum Gasteiger partial charge on any atom is -0.488 e. The Morgan fingerprint density at radius 2 is 1.72 bits per heavy atom. The predicted octanol–water partition coefficient (Wildman–Crippen LogP) is 4.74. The normalized spacial score (nSPS) is 15.8. The van der Waals surface area contributed by atoms with Crippen LogP contribution in [0.25, 0.3) is 0 Å². The fraction of sp³-hybridized carbons (Fsp3) is 0.381. The molecule has 0 N–H and O–H groups in total. The van der Waals surface area contributed by atoms with Gasteiger partial charge in [-0.2, -0.15) is 13.2 Å². The third kappa shape index (κ3) is 6.21. The van der Waals surface area contributed by atoms with Crippen LogP contribution < -0.4 is 4.74 Å². The number of nitrogens with zero attached hydrogens (tertiary/aromatic N) is 2. The lowest BCUT2D eigenvalue weighted by atomic mass is 10.1. The van der Waals surface area contributed by atoms with E-state index in [0.29, 0.717) is 37.4 Å². The van der Waals surface area contributed by atoms with E-state index >= 15 is 0 Å². The first-order valence-corrected chi connectivity index (χ1v) is 10.2. The van der Waals surface area contributed by atoms with Crippen molar-refractivity contribution in [2.75, 3.05) is 32.7 Å². The van der Waals surface area contributed by atoms with Crippen LogP contribution in [0.4, 0.5) is 13.2 Å². The van der Waals surface area contributed by atoms with Crippen molar-refractivity contribution >= 4 is 21.8 Å². The summed E-state index contributed by atoms with van der Waals surface area (Å²) in [7, 11) is 0. The largest absolute Gasteiger partial charge is 0.488 e. The molecule has 1 saturated heterocycles. The van der Waals surface area contributed by atoms with Gasteiger partial charge < -0.3 is 9.64 Å². The Morgan fingerprint density at radius 1 is 1.00 bits per heavy atom. The molecule has 1 fully saturated rings. The third-order valence-corrected chi connectivity index (χ3v) is 5.51. The monoisotopic (exact) mass is 470 g/mol. The van der Waals surface area contributed by atoms with Gasteiger partial charge in [-0.15, -0.1) is 0 Å². The lowest BCUT2D eigenvalue weighted by Gasteiger charge is -2.23. The molecule has 4 nitrogen and oxygen atoms in total. The van der Waals surface area contributed by atoms with Gasteiger partial charge in [-0.05, 0) is 24.6 Å². The lowest BCUT2D eigenvalue weighted by molar-refractivity contribution is -0.145. The molecule has 0 spiro atoms. The zero-order chi connectivity index (χ0) is 20.9. The average molecular weight is 471 g/mol. The van der Waals surface area contributed by atoms with Gasteiger partial charge in [-0.25, -0.2) is 0 Å². The predicted molar refractivity (Wildman–Crippen MR) is 108 cm³/mol. The summed E-state index contributed by atoms with van der Waals surface area (Å²) < 4.78 is 44.8. The molecule has 0 aromatic heterocycles. The van der Waals surface area contributed by atoms with Gasteiger partial charge in [0.05, 0.1) is 12.1 Å². The van der Waals surface area contributed by atoms with Crippen molar-refractivity contribution in [3.05, 3.63) is 64.1 Å². The maximum Gasteiger partial charge on any atom is 0.401 e. The molecule has 2 aromatic rings. The van der Waals surface area contributed by atoms with Crippen LogP contribution in [0.3, 0.4) is 0 Å². The molecule has 8 heteroatoms. The fourth-order valence-electron chi connectivity index (χ4n) is 3.30. The van der Waals surface area contributed by atoms with E-state index in [0.717, 1.165) is 10.0 Å². The van der Waals surface area contributed by atoms with E-state index in [1.807, 2.05) is 24.3 Å². The number of alkyl halides is 3. The summed E-state index contributed by atoms with van der Waals surface area (Å²) in [5.41, 5.74) is 1.37. The Bertz CT molecular complexity index is 845. The van der Waals surface area contributed by atoms with Crippen LogP contribution in [-0.4, -0.2) is 54.6 Å². The molecule has 0 unspecified atom stereocenters. The first-order valence-electron chi connectivity index (χ1n) is 9.37. The number of benzene rings is 2. The van der Waals surface area contributed by atoms with Gasteiger partial charge in [0.15, 0.2) is 0 Å². The number of hydrogen-bond acceptors (Lipinski definition) is 3. The van der Waals surface area contributed by atoms with Crippen molar-refractivity contribution in [2.45, 2.75) is 19.2 Å². The number of carbonyl (C=O) groups is 1. The van der Waals surface area contributed by atoms with Crippen LogP contribution in [0.2, 0.25) is 0 Å². The SMILES string of the molecule is O=C(c1ccccc1OCc1ccccc1Br)N1CCCN(CC(F)(F)F)CC1. The highest BCUT2D eigenvalue weighted by molar-refractivity contribution is 9.10. The second-order valence-corrected chi connectivity index (χ2v) is 7.77. The van der Waals surface area contributed by atoms with E-state index in [1.165, 1.54) is 4.90 Å². The van der Waals surface area contributed by atoms with Gasteiger partial charge in [0.25, 0.3) is 5.91 Å². The summed E-state index contributed by atoms with van der Waals surface area (Å²) in [6.07, 6.45) is -3.73. The van der Waals surface area contributed by atoms with Crippen LogP contribution in [0, 0.1) is 0 Å². The molecule has 1 aliphatic heterocycles. The summed E-state index contributed by atoms with van der Waals surface area (Å²) in [5.74, 6) is 0.242. The quantitative estimate of drug-likeness (QED) is 0.632. The molecule has 1 heterocycles. The number of hydrogen-bond donors (Lipinski definition) is 0. The van der Waals surface area contributed by atoms with Crippen LogP contribution >= 0.6 is 15.9 Å². The lowest BCUT2D eigenvalue weighted by Crippen LogP contribution is -2.38. The molecule has 29 heavy (non-hydrogen) atoms. The molecule has 0 radical (unpaired) electrons. The number of carbonyl (C=O) groups excluding carboxylic acids is 1. The summed E-state index contributed by atoms with van der Waals surface area (Å²) in [6, 6.07) is 14.6. The molecular weight excluding hydrogens is 449 g/mol. The summed E-state index contributed by atoms with van der Waals surface area (Å²) in [6.45, 7) is 0.555. The number of rotatable bonds is 5. The summed E-state index contributed by atoms with van der Waals surface area (Å²) >= 11 is 3.47. The zero-order valence-corrected chi connectivity index (χ0v) is 17.4. The van der Waals surface area contributed by atoms with Crippen molar-refractivity contribution in [3.8, 4) is 5.75 Å². The second kappa shape index (κ2) is 9.63. The summed E-state index contributed by atoms with van der Waals surface area (Å²) in [5, 5.41) is 0. The van der Waals surface area contributed by atoms with Crippen LogP contribution in [0.1, 0.15) is 22.3 Å². The third-order valence-electron chi connectivity index (χ3n) is 4.74. The number of halogens is 4. The van der Waals surface area contributed by atoms with E-state index in [1.54, 1.807) is 29.2 Å². The Balaban J connectivity index is 1.67. The van der Waals surface area contributed by atoms with Gasteiger partial charge in [-0.1, -0.05) is 46.3 Å². The maximum atomic E-state index is 13.0. The van der Waals surface area contributed by atoms with Crippen LogP contribution in [0.15, 0.2) is 53.0 Å². The highest BCUT2D eigenvalue weighted by atomic mass is 79.9. The smallest absolute Gasteiger partial charge is 0.401 e. The van der Waals surface area contributed by atoms with Gasteiger partial charge in [0.1, 0.15) is 12.4 Å². The Hall–Kier alpha value is -2.06. The molecule has 0 saturated carbocycles. The fourth-order valence-corrected chi connectivity index (χ4v) is 3.70. The van der Waals surface area contributed by atoms with Crippen molar-refractivity contribution < 1.29 is 22.7 Å². The Kier molecular flexibility index (Phi) is 7.18.